The van der Waals surface area contributed by atoms with Crippen LogP contribution in [0.1, 0.15) is 63.9 Å². The van der Waals surface area contributed by atoms with Crippen LogP contribution in [0, 0.1) is 17.6 Å². The van der Waals surface area contributed by atoms with Crippen molar-refractivity contribution in [2.75, 3.05) is 0 Å². The Labute approximate surface area is 131 Å². The zero-order valence-electron chi connectivity index (χ0n) is 13.3. The van der Waals surface area contributed by atoms with Gasteiger partial charge in [-0.25, -0.2) is 4.39 Å². The minimum absolute atomic E-state index is 0.0637. The number of hydrogen-bond donors (Lipinski definition) is 1. The zero-order chi connectivity index (χ0) is 15.9. The smallest absolute Gasteiger partial charge is 0.200 e. The van der Waals surface area contributed by atoms with Gasteiger partial charge in [-0.15, -0.1) is 0 Å². The first-order chi connectivity index (χ1) is 10.6. The predicted molar refractivity (Wildman–Crippen MR) is 82.7 cm³/mol. The molecule has 2 rings (SSSR count). The fourth-order valence-corrected chi connectivity index (χ4v) is 3.17. The van der Waals surface area contributed by atoms with Gasteiger partial charge >= 0.3 is 0 Å². The number of rotatable bonds is 7. The highest BCUT2D eigenvalue weighted by molar-refractivity contribution is 5.29. The minimum Gasteiger partial charge on any atom is -0.505 e. The molecule has 1 aliphatic carbocycles. The number of phenolic OH excluding ortho intramolecular Hbond substituents is 1. The third-order valence-corrected chi connectivity index (χ3v) is 4.63. The van der Waals surface area contributed by atoms with Crippen LogP contribution in [0.5, 0.6) is 5.75 Å². The summed E-state index contributed by atoms with van der Waals surface area (Å²) in [6, 6.07) is 2.55. The SMILES string of the molecule is CCCCCC1CCC(OCc2ccc(O)c(F)c2F)CC1. The molecule has 0 amide bonds. The highest BCUT2D eigenvalue weighted by Crippen LogP contribution is 2.31. The van der Waals surface area contributed by atoms with E-state index >= 15 is 0 Å². The van der Waals surface area contributed by atoms with Crippen LogP contribution < -0.4 is 0 Å². The summed E-state index contributed by atoms with van der Waals surface area (Å²) in [6.45, 7) is 2.28. The zero-order valence-corrected chi connectivity index (χ0v) is 13.3. The third kappa shape index (κ3) is 4.67. The molecule has 0 unspecified atom stereocenters. The Morgan fingerprint density at radius 2 is 1.82 bits per heavy atom. The van der Waals surface area contributed by atoms with E-state index in [2.05, 4.69) is 6.92 Å². The first-order valence-corrected chi connectivity index (χ1v) is 8.39. The van der Waals surface area contributed by atoms with Crippen molar-refractivity contribution in [3.05, 3.63) is 29.3 Å². The van der Waals surface area contributed by atoms with Crippen LogP contribution in [0.2, 0.25) is 0 Å². The molecule has 124 valence electrons. The fourth-order valence-electron chi connectivity index (χ4n) is 3.17. The molecule has 4 heteroatoms. The quantitative estimate of drug-likeness (QED) is 0.690. The number of phenols is 1. The van der Waals surface area contributed by atoms with E-state index in [0.717, 1.165) is 18.8 Å². The van der Waals surface area contributed by atoms with Crippen LogP contribution >= 0.6 is 0 Å². The maximum atomic E-state index is 13.6. The van der Waals surface area contributed by atoms with Gasteiger partial charge < -0.3 is 9.84 Å². The second kappa shape index (κ2) is 8.47. The van der Waals surface area contributed by atoms with E-state index in [1.807, 2.05) is 0 Å². The summed E-state index contributed by atoms with van der Waals surface area (Å²) in [5, 5.41) is 9.10. The molecule has 0 aromatic heterocycles. The number of hydrogen-bond acceptors (Lipinski definition) is 2. The molecule has 0 atom stereocenters. The molecule has 1 aliphatic rings. The summed E-state index contributed by atoms with van der Waals surface area (Å²) in [5.41, 5.74) is 0.167. The number of benzene rings is 1. The number of ether oxygens (including phenoxy) is 1. The normalized spacial score (nSPS) is 22.0. The summed E-state index contributed by atoms with van der Waals surface area (Å²) in [4.78, 5) is 0. The van der Waals surface area contributed by atoms with E-state index in [9.17, 15) is 8.78 Å². The molecule has 1 aromatic carbocycles. The molecule has 1 fully saturated rings. The Kier molecular flexibility index (Phi) is 6.62. The van der Waals surface area contributed by atoms with Crippen molar-refractivity contribution in [2.24, 2.45) is 5.92 Å². The van der Waals surface area contributed by atoms with Gasteiger partial charge in [0.25, 0.3) is 0 Å². The lowest BCUT2D eigenvalue weighted by Crippen LogP contribution is -2.21. The summed E-state index contributed by atoms with van der Waals surface area (Å²) < 4.78 is 32.6. The first-order valence-electron chi connectivity index (χ1n) is 8.39. The Bertz CT molecular complexity index is 468. The minimum atomic E-state index is -1.19. The average molecular weight is 312 g/mol. The van der Waals surface area contributed by atoms with Gasteiger partial charge in [0.1, 0.15) is 0 Å². The van der Waals surface area contributed by atoms with E-state index in [4.69, 9.17) is 9.84 Å². The van der Waals surface area contributed by atoms with E-state index in [1.54, 1.807) is 0 Å². The van der Waals surface area contributed by atoms with Gasteiger partial charge in [-0.3, -0.25) is 0 Å². The van der Waals surface area contributed by atoms with Crippen LogP contribution in [-0.2, 0) is 11.3 Å². The maximum Gasteiger partial charge on any atom is 0.200 e. The molecule has 22 heavy (non-hydrogen) atoms. The Morgan fingerprint density at radius 1 is 1.09 bits per heavy atom. The van der Waals surface area contributed by atoms with Crippen molar-refractivity contribution in [3.63, 3.8) is 0 Å². The average Bonchev–Trinajstić information content (AvgIpc) is 2.53. The molecular formula is C18H26F2O2. The number of unbranched alkanes of at least 4 members (excludes halogenated alkanes) is 2. The van der Waals surface area contributed by atoms with Gasteiger partial charge in [-0.05, 0) is 43.7 Å². The monoisotopic (exact) mass is 312 g/mol. The Hall–Kier alpha value is -1.16. The fraction of sp³-hybridized carbons (Fsp3) is 0.667. The lowest BCUT2D eigenvalue weighted by Gasteiger charge is -2.28. The van der Waals surface area contributed by atoms with Crippen molar-refractivity contribution < 1.29 is 18.6 Å². The van der Waals surface area contributed by atoms with E-state index in [-0.39, 0.29) is 18.3 Å². The lowest BCUT2D eigenvalue weighted by atomic mass is 9.84. The molecule has 2 nitrogen and oxygen atoms in total. The van der Waals surface area contributed by atoms with Crippen molar-refractivity contribution in [3.8, 4) is 5.75 Å². The highest BCUT2D eigenvalue weighted by atomic mass is 19.2. The summed E-state index contributed by atoms with van der Waals surface area (Å²) in [6.07, 6.45) is 9.65. The van der Waals surface area contributed by atoms with E-state index in [1.165, 1.54) is 50.7 Å². The topological polar surface area (TPSA) is 29.5 Å². The molecular weight excluding hydrogens is 286 g/mol. The summed E-state index contributed by atoms with van der Waals surface area (Å²) >= 11 is 0. The molecule has 1 N–H and O–H groups in total. The third-order valence-electron chi connectivity index (χ3n) is 4.63. The number of aromatic hydroxyl groups is 1. The highest BCUT2D eigenvalue weighted by Gasteiger charge is 2.22. The molecule has 1 aromatic rings. The molecule has 0 bridgehead atoms. The molecule has 0 spiro atoms. The van der Waals surface area contributed by atoms with Crippen molar-refractivity contribution in [2.45, 2.75) is 71.0 Å². The molecule has 0 aliphatic heterocycles. The van der Waals surface area contributed by atoms with Crippen LogP contribution in [0.15, 0.2) is 12.1 Å². The van der Waals surface area contributed by atoms with Crippen molar-refractivity contribution in [1.29, 1.82) is 0 Å². The van der Waals surface area contributed by atoms with Gasteiger partial charge in [0.05, 0.1) is 12.7 Å². The summed E-state index contributed by atoms with van der Waals surface area (Å²) in [7, 11) is 0. The van der Waals surface area contributed by atoms with Gasteiger partial charge in [0.15, 0.2) is 11.6 Å². The number of halogens is 2. The largest absolute Gasteiger partial charge is 0.505 e. The molecule has 1 saturated carbocycles. The van der Waals surface area contributed by atoms with Crippen LogP contribution in [-0.4, -0.2) is 11.2 Å². The van der Waals surface area contributed by atoms with Gasteiger partial charge in [0.2, 0.25) is 5.82 Å². The standard InChI is InChI=1S/C18H26F2O2/c1-2-3-4-5-13-6-9-15(10-7-13)22-12-14-8-11-16(21)18(20)17(14)19/h8,11,13,15,21H,2-7,9-10,12H2,1H3. The maximum absolute atomic E-state index is 13.6. The van der Waals surface area contributed by atoms with Gasteiger partial charge in [-0.2, -0.15) is 4.39 Å². The Morgan fingerprint density at radius 3 is 2.50 bits per heavy atom. The second-order valence-corrected chi connectivity index (χ2v) is 6.32. The van der Waals surface area contributed by atoms with Crippen molar-refractivity contribution in [1.82, 2.24) is 0 Å². The van der Waals surface area contributed by atoms with Gasteiger partial charge in [-0.1, -0.05) is 32.6 Å². The predicted octanol–water partition coefficient (Wildman–Crippen LogP) is 5.33. The first kappa shape index (κ1) is 17.2. The molecule has 0 heterocycles. The van der Waals surface area contributed by atoms with E-state index < -0.39 is 17.4 Å². The van der Waals surface area contributed by atoms with Crippen LogP contribution in [0.25, 0.3) is 0 Å². The van der Waals surface area contributed by atoms with Crippen LogP contribution in [0.4, 0.5) is 8.78 Å². The lowest BCUT2D eigenvalue weighted by molar-refractivity contribution is 0.00477. The Balaban J connectivity index is 1.74. The second-order valence-electron chi connectivity index (χ2n) is 6.32. The van der Waals surface area contributed by atoms with Gasteiger partial charge in [0, 0.05) is 5.56 Å². The van der Waals surface area contributed by atoms with Crippen molar-refractivity contribution >= 4 is 0 Å². The molecule has 0 radical (unpaired) electrons. The van der Waals surface area contributed by atoms with E-state index in [0.29, 0.717) is 0 Å². The van der Waals surface area contributed by atoms with Crippen LogP contribution in [0.3, 0.4) is 0 Å². The molecule has 0 saturated heterocycles. The summed E-state index contributed by atoms with van der Waals surface area (Å²) in [5.74, 6) is -2.06.